The third kappa shape index (κ3) is 4.61. The van der Waals surface area contributed by atoms with Crippen molar-refractivity contribution in [3.63, 3.8) is 0 Å². The molecular formula is C22H18O2. The van der Waals surface area contributed by atoms with Crippen molar-refractivity contribution in [2.24, 2.45) is 0 Å². The number of rotatable bonds is 4. The van der Waals surface area contributed by atoms with Crippen LogP contribution < -0.4 is 9.47 Å². The molecule has 0 bridgehead atoms. The Morgan fingerprint density at radius 3 is 1.46 bits per heavy atom. The first-order chi connectivity index (χ1) is 11.6. The second-order valence-electron chi connectivity index (χ2n) is 5.10. The monoisotopic (exact) mass is 314 g/mol. The first-order valence-corrected chi connectivity index (χ1v) is 7.59. The fraction of sp³-hybridized carbons (Fsp3) is 0.182. The summed E-state index contributed by atoms with van der Waals surface area (Å²) in [5, 5.41) is 0. The quantitative estimate of drug-likeness (QED) is 0.797. The van der Waals surface area contributed by atoms with Crippen molar-refractivity contribution in [2.45, 2.75) is 26.1 Å². The van der Waals surface area contributed by atoms with Gasteiger partial charge in [0.05, 0.1) is 11.1 Å². The van der Waals surface area contributed by atoms with Gasteiger partial charge in [-0.25, -0.2) is 0 Å². The molecule has 0 N–H and O–H groups in total. The van der Waals surface area contributed by atoms with Crippen LogP contribution in [-0.2, 0) is 0 Å². The topological polar surface area (TPSA) is 18.5 Å². The van der Waals surface area contributed by atoms with Crippen LogP contribution in [0.4, 0.5) is 0 Å². The molecule has 0 amide bonds. The number of ether oxygens (including phenoxy) is 2. The number of terminal acetylenes is 2. The number of para-hydroxylation sites is 2. The van der Waals surface area contributed by atoms with Gasteiger partial charge in [0.2, 0.25) is 0 Å². The molecular weight excluding hydrogens is 296 g/mol. The summed E-state index contributed by atoms with van der Waals surface area (Å²) in [5.74, 6) is 12.6. The molecule has 0 aromatic heterocycles. The lowest BCUT2D eigenvalue weighted by Gasteiger charge is -2.11. The van der Waals surface area contributed by atoms with Gasteiger partial charge in [0, 0.05) is 0 Å². The predicted octanol–water partition coefficient (Wildman–Crippen LogP) is 3.89. The van der Waals surface area contributed by atoms with Gasteiger partial charge in [-0.1, -0.05) is 47.9 Å². The van der Waals surface area contributed by atoms with Crippen molar-refractivity contribution in [1.29, 1.82) is 0 Å². The minimum absolute atomic E-state index is 0.319. The van der Waals surface area contributed by atoms with E-state index < -0.39 is 0 Å². The van der Waals surface area contributed by atoms with Crippen molar-refractivity contribution >= 4 is 0 Å². The SMILES string of the molecule is C#C[C@@H](C)Oc1ccccc1C#Cc1ccccc1O[C@H](C)C#C. The van der Waals surface area contributed by atoms with E-state index in [4.69, 9.17) is 22.3 Å². The molecule has 2 atom stereocenters. The number of hydrogen-bond acceptors (Lipinski definition) is 2. The van der Waals surface area contributed by atoms with Crippen LogP contribution in [-0.4, -0.2) is 12.2 Å². The van der Waals surface area contributed by atoms with E-state index in [1.165, 1.54) is 0 Å². The Morgan fingerprint density at radius 2 is 1.08 bits per heavy atom. The third-order valence-electron chi connectivity index (χ3n) is 3.18. The van der Waals surface area contributed by atoms with Gasteiger partial charge in [0.1, 0.15) is 11.5 Å². The summed E-state index contributed by atoms with van der Waals surface area (Å²) in [4.78, 5) is 0. The molecule has 0 fully saturated rings. The van der Waals surface area contributed by atoms with Crippen LogP contribution in [0.25, 0.3) is 0 Å². The van der Waals surface area contributed by atoms with Crippen LogP contribution in [0.2, 0.25) is 0 Å². The fourth-order valence-corrected chi connectivity index (χ4v) is 1.93. The van der Waals surface area contributed by atoms with Crippen LogP contribution in [0, 0.1) is 36.5 Å². The van der Waals surface area contributed by atoms with Gasteiger partial charge in [0.25, 0.3) is 0 Å². The van der Waals surface area contributed by atoms with Crippen LogP contribution >= 0.6 is 0 Å². The van der Waals surface area contributed by atoms with E-state index in [2.05, 4.69) is 23.7 Å². The molecule has 0 heterocycles. The summed E-state index contributed by atoms with van der Waals surface area (Å²) < 4.78 is 11.4. The number of benzene rings is 2. The molecule has 0 saturated carbocycles. The molecule has 0 aliphatic carbocycles. The maximum atomic E-state index is 5.70. The van der Waals surface area contributed by atoms with Crippen LogP contribution in [0.5, 0.6) is 11.5 Å². The Kier molecular flexibility index (Phi) is 5.96. The highest BCUT2D eigenvalue weighted by atomic mass is 16.5. The molecule has 2 aromatic carbocycles. The van der Waals surface area contributed by atoms with Crippen molar-refractivity contribution in [3.05, 3.63) is 59.7 Å². The number of hydrogen-bond donors (Lipinski definition) is 0. The van der Waals surface area contributed by atoms with Gasteiger partial charge in [0.15, 0.2) is 12.2 Å². The first kappa shape index (κ1) is 17.1. The lowest BCUT2D eigenvalue weighted by atomic mass is 10.1. The Morgan fingerprint density at radius 1 is 0.708 bits per heavy atom. The van der Waals surface area contributed by atoms with Crippen molar-refractivity contribution in [1.82, 2.24) is 0 Å². The van der Waals surface area contributed by atoms with E-state index in [1.807, 2.05) is 62.4 Å². The van der Waals surface area contributed by atoms with Crippen molar-refractivity contribution in [3.8, 4) is 48.0 Å². The molecule has 2 nitrogen and oxygen atoms in total. The molecule has 2 aromatic rings. The van der Waals surface area contributed by atoms with Gasteiger partial charge in [-0.05, 0) is 38.1 Å². The standard InChI is InChI=1S/C22H18O2/c1-5-17(3)23-21-13-9-7-11-19(21)15-16-20-12-8-10-14-22(20)24-18(4)6-2/h1-2,7-14,17-18H,3-4H3/t17-,18-/m1/s1. The van der Waals surface area contributed by atoms with E-state index in [9.17, 15) is 0 Å². The second kappa shape index (κ2) is 8.38. The Bertz CT molecular complexity index is 771. The summed E-state index contributed by atoms with van der Waals surface area (Å²) in [5.41, 5.74) is 1.53. The molecule has 0 aliphatic heterocycles. The summed E-state index contributed by atoms with van der Waals surface area (Å²) in [6.45, 7) is 3.63. The highest BCUT2D eigenvalue weighted by Gasteiger charge is 2.06. The smallest absolute Gasteiger partial charge is 0.156 e. The molecule has 0 saturated heterocycles. The zero-order valence-corrected chi connectivity index (χ0v) is 13.7. The summed E-state index contributed by atoms with van der Waals surface area (Å²) in [6.07, 6.45) is 10.1. The van der Waals surface area contributed by atoms with E-state index in [1.54, 1.807) is 0 Å². The first-order valence-electron chi connectivity index (χ1n) is 7.59. The van der Waals surface area contributed by atoms with E-state index in [-0.39, 0.29) is 12.2 Å². The maximum absolute atomic E-state index is 5.70. The van der Waals surface area contributed by atoms with Gasteiger partial charge in [-0.15, -0.1) is 12.8 Å². The van der Waals surface area contributed by atoms with Gasteiger partial charge in [-0.3, -0.25) is 0 Å². The predicted molar refractivity (Wildman–Crippen MR) is 96.7 cm³/mol. The molecule has 0 unspecified atom stereocenters. The zero-order chi connectivity index (χ0) is 17.4. The highest BCUT2D eigenvalue weighted by Crippen LogP contribution is 2.21. The van der Waals surface area contributed by atoms with E-state index in [0.29, 0.717) is 11.5 Å². The fourth-order valence-electron chi connectivity index (χ4n) is 1.93. The molecule has 24 heavy (non-hydrogen) atoms. The summed E-state index contributed by atoms with van der Waals surface area (Å²) in [7, 11) is 0. The summed E-state index contributed by atoms with van der Waals surface area (Å²) in [6, 6.07) is 15.0. The molecule has 0 aliphatic rings. The van der Waals surface area contributed by atoms with Crippen LogP contribution in [0.1, 0.15) is 25.0 Å². The largest absolute Gasteiger partial charge is 0.477 e. The second-order valence-corrected chi connectivity index (χ2v) is 5.10. The van der Waals surface area contributed by atoms with E-state index >= 15 is 0 Å². The van der Waals surface area contributed by atoms with E-state index in [0.717, 1.165) is 11.1 Å². The molecule has 0 spiro atoms. The lowest BCUT2D eigenvalue weighted by Crippen LogP contribution is -2.09. The third-order valence-corrected chi connectivity index (χ3v) is 3.18. The molecule has 2 rings (SSSR count). The average Bonchev–Trinajstić information content (AvgIpc) is 2.61. The van der Waals surface area contributed by atoms with Crippen molar-refractivity contribution in [2.75, 3.05) is 0 Å². The van der Waals surface area contributed by atoms with Gasteiger partial charge in [-0.2, -0.15) is 0 Å². The van der Waals surface area contributed by atoms with Crippen LogP contribution in [0.3, 0.4) is 0 Å². The lowest BCUT2D eigenvalue weighted by molar-refractivity contribution is 0.278. The molecule has 0 radical (unpaired) electrons. The van der Waals surface area contributed by atoms with Gasteiger partial charge < -0.3 is 9.47 Å². The minimum atomic E-state index is -0.319. The van der Waals surface area contributed by atoms with Crippen LogP contribution in [0.15, 0.2) is 48.5 Å². The average molecular weight is 314 g/mol. The normalized spacial score (nSPS) is 11.8. The summed E-state index contributed by atoms with van der Waals surface area (Å²) >= 11 is 0. The molecule has 2 heteroatoms. The Hall–Kier alpha value is -3.28. The Balaban J connectivity index is 2.32. The zero-order valence-electron chi connectivity index (χ0n) is 13.7. The molecule has 118 valence electrons. The maximum Gasteiger partial charge on any atom is 0.156 e. The Labute approximate surface area is 143 Å². The highest BCUT2D eigenvalue weighted by molar-refractivity contribution is 5.53. The van der Waals surface area contributed by atoms with Gasteiger partial charge >= 0.3 is 0 Å². The minimum Gasteiger partial charge on any atom is -0.477 e. The van der Waals surface area contributed by atoms with Crippen molar-refractivity contribution < 1.29 is 9.47 Å².